The van der Waals surface area contributed by atoms with Gasteiger partial charge in [0.15, 0.2) is 4.80 Å². The third-order valence-electron chi connectivity index (χ3n) is 6.88. The van der Waals surface area contributed by atoms with Gasteiger partial charge in [0.2, 0.25) is 0 Å². The second-order valence-electron chi connectivity index (χ2n) is 9.54. The Morgan fingerprint density at radius 2 is 1.88 bits per heavy atom. The molecule has 2 aromatic carbocycles. The molecule has 3 heterocycles. The van der Waals surface area contributed by atoms with Crippen LogP contribution >= 0.6 is 22.9 Å². The molecule has 222 valence electrons. The van der Waals surface area contributed by atoms with E-state index in [1.807, 2.05) is 25.1 Å². The minimum Gasteiger partial charge on any atom is -0.496 e. The summed E-state index contributed by atoms with van der Waals surface area (Å²) >= 11 is 7.39. The molecule has 0 fully saturated rings. The predicted molar refractivity (Wildman–Crippen MR) is 163 cm³/mol. The number of esters is 2. The maximum absolute atomic E-state index is 14.0. The van der Waals surface area contributed by atoms with E-state index in [9.17, 15) is 14.4 Å². The van der Waals surface area contributed by atoms with Gasteiger partial charge >= 0.3 is 11.9 Å². The van der Waals surface area contributed by atoms with Gasteiger partial charge in [-0.1, -0.05) is 54.5 Å². The molecule has 9 nitrogen and oxygen atoms in total. The summed E-state index contributed by atoms with van der Waals surface area (Å²) in [7, 11) is 2.84. The number of benzene rings is 2. The zero-order valence-electron chi connectivity index (χ0n) is 24.0. The molecule has 11 heteroatoms. The molecular formula is C32H29ClN2O7S. The summed E-state index contributed by atoms with van der Waals surface area (Å²) in [6, 6.07) is 14.6. The van der Waals surface area contributed by atoms with Crippen molar-refractivity contribution in [3.63, 3.8) is 0 Å². The summed E-state index contributed by atoms with van der Waals surface area (Å²) in [5, 5.41) is 0.422. The van der Waals surface area contributed by atoms with Crippen LogP contribution in [0.5, 0.6) is 5.75 Å². The molecule has 0 unspecified atom stereocenters. The largest absolute Gasteiger partial charge is 0.496 e. The third kappa shape index (κ3) is 5.80. The van der Waals surface area contributed by atoms with E-state index in [0.29, 0.717) is 66.0 Å². The Balaban J connectivity index is 1.69. The summed E-state index contributed by atoms with van der Waals surface area (Å²) in [6.45, 7) is 3.91. The highest BCUT2D eigenvalue weighted by Gasteiger charge is 2.35. The lowest BCUT2D eigenvalue weighted by Crippen LogP contribution is -2.40. The van der Waals surface area contributed by atoms with Crippen LogP contribution in [0.15, 0.2) is 80.1 Å². The van der Waals surface area contributed by atoms with Crippen molar-refractivity contribution in [1.82, 2.24) is 4.57 Å². The molecular weight excluding hydrogens is 592 g/mol. The number of hydrogen-bond acceptors (Lipinski definition) is 9. The van der Waals surface area contributed by atoms with Gasteiger partial charge in [-0.15, -0.1) is 0 Å². The lowest BCUT2D eigenvalue weighted by atomic mass is 9.93. The molecule has 0 amide bonds. The molecule has 0 saturated carbocycles. The van der Waals surface area contributed by atoms with Gasteiger partial charge in [-0.05, 0) is 49.7 Å². The van der Waals surface area contributed by atoms with Crippen LogP contribution in [0.25, 0.3) is 17.4 Å². The molecule has 1 aliphatic heterocycles. The van der Waals surface area contributed by atoms with Crippen molar-refractivity contribution in [3.8, 4) is 17.1 Å². The van der Waals surface area contributed by atoms with Gasteiger partial charge in [-0.3, -0.25) is 9.36 Å². The number of thiazole rings is 1. The maximum atomic E-state index is 14.0. The highest BCUT2D eigenvalue weighted by atomic mass is 35.5. The van der Waals surface area contributed by atoms with Crippen LogP contribution in [0.4, 0.5) is 0 Å². The number of allylic oxidation sites excluding steroid dienone is 1. The lowest BCUT2D eigenvalue weighted by Gasteiger charge is -2.26. The predicted octanol–water partition coefficient (Wildman–Crippen LogP) is 5.29. The third-order valence-corrected chi connectivity index (χ3v) is 8.10. The zero-order chi connectivity index (χ0) is 30.7. The number of para-hydroxylation sites is 1. The molecule has 0 saturated heterocycles. The smallest absolute Gasteiger partial charge is 0.338 e. The SMILES string of the molecule is CCCC1=C(C(=O)OCC)[C@@H](c2ccccc2OC)n2c(s/c(=C/c3ccc(-c4cc(Cl)ccc4C(=O)OC)o3)c2=O)=N1. The Hall–Kier alpha value is -4.41. The highest BCUT2D eigenvalue weighted by Crippen LogP contribution is 2.37. The van der Waals surface area contributed by atoms with Gasteiger partial charge in [0.25, 0.3) is 5.56 Å². The van der Waals surface area contributed by atoms with E-state index < -0.39 is 18.0 Å². The van der Waals surface area contributed by atoms with Crippen molar-refractivity contribution in [2.75, 3.05) is 20.8 Å². The molecule has 1 atom stereocenters. The number of halogens is 1. The normalized spacial score (nSPS) is 14.7. The molecule has 0 spiro atoms. The first-order chi connectivity index (χ1) is 20.8. The lowest BCUT2D eigenvalue weighted by molar-refractivity contribution is -0.139. The average Bonchev–Trinajstić information content (AvgIpc) is 3.60. The quantitative estimate of drug-likeness (QED) is 0.234. The number of carbonyl (C=O) groups is 2. The fraction of sp³-hybridized carbons (Fsp3) is 0.250. The summed E-state index contributed by atoms with van der Waals surface area (Å²) in [5.41, 5.74) is 1.91. The first-order valence-electron chi connectivity index (χ1n) is 13.6. The monoisotopic (exact) mass is 620 g/mol. The Labute approximate surface area is 256 Å². The summed E-state index contributed by atoms with van der Waals surface area (Å²) in [4.78, 5) is 45.0. The topological polar surface area (TPSA) is 109 Å². The minimum atomic E-state index is -0.809. The number of ether oxygens (including phenoxy) is 3. The molecule has 43 heavy (non-hydrogen) atoms. The summed E-state index contributed by atoms with van der Waals surface area (Å²) in [6.07, 6.45) is 2.87. The standard InChI is InChI=1S/C32H29ClN2O7S/c1-5-9-23-27(31(38)41-6-2)28(21-10-7-8-11-24(21)39-3)35-29(36)26(43-32(35)34-23)17-19-13-15-25(42-19)22-16-18(33)12-14-20(22)30(37)40-4/h7-8,10-17,28H,5-6,9H2,1-4H3/b26-17+/t28-/m1/s1. The van der Waals surface area contributed by atoms with Crippen LogP contribution in [0.1, 0.15) is 54.4 Å². The molecule has 5 rings (SSSR count). The van der Waals surface area contributed by atoms with Crippen molar-refractivity contribution in [3.05, 3.63) is 107 Å². The molecule has 0 bridgehead atoms. The second kappa shape index (κ2) is 12.8. The number of rotatable bonds is 9. The van der Waals surface area contributed by atoms with E-state index in [-0.39, 0.29) is 12.2 Å². The minimum absolute atomic E-state index is 0.177. The van der Waals surface area contributed by atoms with Gasteiger partial charge in [0.1, 0.15) is 23.3 Å². The van der Waals surface area contributed by atoms with Crippen molar-refractivity contribution in [2.24, 2.45) is 4.99 Å². The van der Waals surface area contributed by atoms with Crippen LogP contribution in [0.3, 0.4) is 0 Å². The van der Waals surface area contributed by atoms with Gasteiger partial charge in [0, 0.05) is 22.2 Å². The van der Waals surface area contributed by atoms with E-state index in [1.165, 1.54) is 23.0 Å². The van der Waals surface area contributed by atoms with Crippen molar-refractivity contribution >= 4 is 41.0 Å². The van der Waals surface area contributed by atoms with E-state index >= 15 is 0 Å². The Morgan fingerprint density at radius 1 is 1.09 bits per heavy atom. The van der Waals surface area contributed by atoms with E-state index in [4.69, 9.17) is 35.2 Å². The first kappa shape index (κ1) is 30.1. The average molecular weight is 621 g/mol. The number of methoxy groups -OCH3 is 2. The number of carbonyl (C=O) groups excluding carboxylic acids is 2. The van der Waals surface area contributed by atoms with Crippen LogP contribution in [-0.2, 0) is 14.3 Å². The van der Waals surface area contributed by atoms with Crippen LogP contribution < -0.4 is 19.6 Å². The van der Waals surface area contributed by atoms with E-state index in [0.717, 1.165) is 6.42 Å². The van der Waals surface area contributed by atoms with Gasteiger partial charge in [0.05, 0.1) is 42.2 Å². The number of aromatic nitrogens is 1. The highest BCUT2D eigenvalue weighted by molar-refractivity contribution is 7.07. The van der Waals surface area contributed by atoms with Gasteiger partial charge < -0.3 is 18.6 Å². The van der Waals surface area contributed by atoms with Crippen molar-refractivity contribution in [2.45, 2.75) is 32.7 Å². The molecule has 1 aliphatic rings. The van der Waals surface area contributed by atoms with Crippen LogP contribution in [0.2, 0.25) is 5.02 Å². The van der Waals surface area contributed by atoms with Crippen molar-refractivity contribution < 1.29 is 28.2 Å². The number of furan rings is 1. The molecule has 0 N–H and O–H groups in total. The summed E-state index contributed by atoms with van der Waals surface area (Å²) in [5.74, 6) is 0.222. The fourth-order valence-electron chi connectivity index (χ4n) is 5.02. The molecule has 4 aromatic rings. The van der Waals surface area contributed by atoms with Crippen LogP contribution in [0, 0.1) is 0 Å². The Morgan fingerprint density at radius 3 is 2.60 bits per heavy atom. The number of fused-ring (bicyclic) bond motifs is 1. The maximum Gasteiger partial charge on any atom is 0.338 e. The fourth-order valence-corrected chi connectivity index (χ4v) is 6.19. The first-order valence-corrected chi connectivity index (χ1v) is 14.8. The zero-order valence-corrected chi connectivity index (χ0v) is 25.6. The van der Waals surface area contributed by atoms with Gasteiger partial charge in [-0.2, -0.15) is 0 Å². The molecule has 2 aromatic heterocycles. The summed E-state index contributed by atoms with van der Waals surface area (Å²) < 4.78 is 23.9. The van der Waals surface area contributed by atoms with E-state index in [1.54, 1.807) is 56.5 Å². The van der Waals surface area contributed by atoms with Crippen LogP contribution in [-0.4, -0.2) is 37.3 Å². The number of hydrogen-bond donors (Lipinski definition) is 0. The van der Waals surface area contributed by atoms with Gasteiger partial charge in [-0.25, -0.2) is 14.6 Å². The molecule has 0 aliphatic carbocycles. The molecule has 0 radical (unpaired) electrons. The van der Waals surface area contributed by atoms with Crippen molar-refractivity contribution in [1.29, 1.82) is 0 Å². The Bertz CT molecular complexity index is 1920. The van der Waals surface area contributed by atoms with E-state index in [2.05, 4.69) is 0 Å². The Kier molecular flexibility index (Phi) is 8.98. The number of nitrogens with zero attached hydrogens (tertiary/aromatic N) is 2. The second-order valence-corrected chi connectivity index (χ2v) is 11.0.